The third kappa shape index (κ3) is 17.0. The number of benzene rings is 4. The molecule has 0 aromatic heterocycles. The number of hydrogen-bond acceptors (Lipinski definition) is 15. The molecule has 0 aliphatic rings. The van der Waals surface area contributed by atoms with Crippen molar-refractivity contribution in [2.75, 3.05) is 34.9 Å². The summed E-state index contributed by atoms with van der Waals surface area (Å²) in [5.74, 6) is -6.49. The van der Waals surface area contributed by atoms with Crippen LogP contribution in [0.5, 0.6) is 23.0 Å². The van der Waals surface area contributed by atoms with Crippen molar-refractivity contribution >= 4 is 41.2 Å². The average molecular weight is 1040 g/mol. The summed E-state index contributed by atoms with van der Waals surface area (Å²) in [6.45, 7) is 11.7. The van der Waals surface area contributed by atoms with E-state index in [1.807, 2.05) is 0 Å². The SMILES string of the molecule is C=CCc1c(O)cc([C@@H](NC(=O)[C@H](CC(=O)NC(c2ccc(OC)cc2)c2ccc(OC)cc2)NC(=O)C(NC(=O)[C@@H](CC(C)C)NCC(=O)OC(C)(C)C)[C@H](O)c2ccc(F)c([N+](=O)[O-])c2)C(=O)NC)cc1OC. The molecule has 0 saturated heterocycles. The van der Waals surface area contributed by atoms with Crippen LogP contribution in [-0.2, 0) is 39.9 Å². The van der Waals surface area contributed by atoms with Gasteiger partial charge < -0.3 is 55.7 Å². The highest BCUT2D eigenvalue weighted by Crippen LogP contribution is 2.34. The van der Waals surface area contributed by atoms with Crippen molar-refractivity contribution in [1.29, 1.82) is 0 Å². The predicted octanol–water partition coefficient (Wildman–Crippen LogP) is 4.44. The molecule has 21 nitrogen and oxygen atoms in total. The average Bonchev–Trinajstić information content (AvgIpc) is 3.36. The molecule has 8 N–H and O–H groups in total. The molecule has 1 unspecified atom stereocenters. The maximum absolute atomic E-state index is 14.8. The largest absolute Gasteiger partial charge is 0.508 e. The van der Waals surface area contributed by atoms with Crippen LogP contribution in [-0.4, -0.2) is 109 Å². The van der Waals surface area contributed by atoms with Gasteiger partial charge in [-0.15, -0.1) is 6.58 Å². The minimum Gasteiger partial charge on any atom is -0.508 e. The monoisotopic (exact) mass is 1040 g/mol. The molecule has 4 aromatic rings. The van der Waals surface area contributed by atoms with Crippen LogP contribution < -0.4 is 46.1 Å². The lowest BCUT2D eigenvalue weighted by Crippen LogP contribution is -2.59. The molecule has 0 radical (unpaired) electrons. The molecule has 0 aliphatic heterocycles. The zero-order chi connectivity index (χ0) is 55.7. The molecular weight excluding hydrogens is 978 g/mol. The van der Waals surface area contributed by atoms with Crippen molar-refractivity contribution in [2.24, 2.45) is 5.92 Å². The number of aliphatic hydroxyl groups excluding tert-OH is 1. The number of ether oxygens (including phenoxy) is 4. The fraction of sp³-hybridized carbons (Fsp3) is 0.396. The highest BCUT2D eigenvalue weighted by atomic mass is 19.1. The molecule has 404 valence electrons. The number of halogens is 1. The number of nitrogens with one attached hydrogen (secondary N) is 6. The number of allylic oxidation sites excluding steroid dienone is 1. The lowest BCUT2D eigenvalue weighted by Gasteiger charge is -2.29. The maximum atomic E-state index is 14.8. The van der Waals surface area contributed by atoms with Gasteiger partial charge in [-0.3, -0.25) is 44.2 Å². The predicted molar refractivity (Wildman–Crippen MR) is 273 cm³/mol. The minimum atomic E-state index is -2.20. The normalized spacial score (nSPS) is 13.2. The number of nitrogens with zero attached hydrogens (tertiary/aromatic N) is 1. The molecule has 5 amide bonds. The zero-order valence-corrected chi connectivity index (χ0v) is 43.3. The molecule has 0 heterocycles. The van der Waals surface area contributed by atoms with E-state index < -0.39 is 112 Å². The lowest BCUT2D eigenvalue weighted by atomic mass is 9.97. The van der Waals surface area contributed by atoms with Crippen molar-refractivity contribution < 1.29 is 67.2 Å². The van der Waals surface area contributed by atoms with E-state index in [1.165, 1.54) is 46.6 Å². The molecule has 0 bridgehead atoms. The highest BCUT2D eigenvalue weighted by molar-refractivity contribution is 5.97. The van der Waals surface area contributed by atoms with Gasteiger partial charge >= 0.3 is 11.7 Å². The van der Waals surface area contributed by atoms with Gasteiger partial charge in [0.15, 0.2) is 0 Å². The first-order valence-corrected chi connectivity index (χ1v) is 23.7. The van der Waals surface area contributed by atoms with Gasteiger partial charge in [-0.2, -0.15) is 4.39 Å². The Bertz CT molecular complexity index is 2630. The number of hydrogen-bond donors (Lipinski definition) is 8. The Hall–Kier alpha value is -8.11. The first kappa shape index (κ1) is 59.5. The van der Waals surface area contributed by atoms with Gasteiger partial charge in [-0.1, -0.05) is 50.3 Å². The molecule has 0 spiro atoms. The second kappa shape index (κ2) is 27.3. The van der Waals surface area contributed by atoms with Crippen molar-refractivity contribution in [2.45, 2.75) is 95.8 Å². The lowest BCUT2D eigenvalue weighted by molar-refractivity contribution is -0.387. The molecule has 4 aromatic carbocycles. The number of methoxy groups -OCH3 is 3. The second-order valence-corrected chi connectivity index (χ2v) is 18.6. The van der Waals surface area contributed by atoms with Gasteiger partial charge in [0.05, 0.1) is 51.3 Å². The van der Waals surface area contributed by atoms with Gasteiger partial charge in [-0.25, -0.2) is 0 Å². The number of carbonyl (C=O) groups is 6. The number of carbonyl (C=O) groups excluding carboxylic acids is 6. The number of nitro benzene ring substituents is 1. The maximum Gasteiger partial charge on any atom is 0.320 e. The summed E-state index contributed by atoms with van der Waals surface area (Å²) in [6, 6.07) is 10.5. The van der Waals surface area contributed by atoms with Crippen LogP contribution in [0.4, 0.5) is 10.1 Å². The third-order valence-corrected chi connectivity index (χ3v) is 11.5. The number of aliphatic hydroxyl groups is 1. The van der Waals surface area contributed by atoms with Crippen LogP contribution in [0.2, 0.25) is 0 Å². The van der Waals surface area contributed by atoms with Gasteiger partial charge in [0.25, 0.3) is 0 Å². The molecule has 22 heteroatoms. The number of amides is 5. The summed E-state index contributed by atoms with van der Waals surface area (Å²) in [6.07, 6.45) is -1.34. The summed E-state index contributed by atoms with van der Waals surface area (Å²) < 4.78 is 36.2. The molecule has 75 heavy (non-hydrogen) atoms. The number of phenols is 1. The van der Waals surface area contributed by atoms with Crippen LogP contribution >= 0.6 is 0 Å². The fourth-order valence-corrected chi connectivity index (χ4v) is 7.79. The summed E-state index contributed by atoms with van der Waals surface area (Å²) in [5.41, 5.74) is -0.932. The first-order chi connectivity index (χ1) is 35.4. The third-order valence-electron chi connectivity index (χ3n) is 11.5. The Kier molecular flexibility index (Phi) is 21.6. The van der Waals surface area contributed by atoms with E-state index in [4.69, 9.17) is 18.9 Å². The fourth-order valence-electron chi connectivity index (χ4n) is 7.79. The summed E-state index contributed by atoms with van der Waals surface area (Å²) >= 11 is 0. The second-order valence-electron chi connectivity index (χ2n) is 18.6. The molecule has 0 fully saturated rings. The van der Waals surface area contributed by atoms with Gasteiger partial charge in [-0.05, 0) is 104 Å². The molecule has 4 rings (SSSR count). The van der Waals surface area contributed by atoms with E-state index in [9.17, 15) is 53.5 Å². The van der Waals surface area contributed by atoms with E-state index in [-0.39, 0.29) is 35.8 Å². The van der Waals surface area contributed by atoms with Crippen molar-refractivity contribution in [3.05, 3.63) is 135 Å². The van der Waals surface area contributed by atoms with Gasteiger partial charge in [0.1, 0.15) is 52.8 Å². The Labute approximate surface area is 434 Å². The molecule has 5 atom stereocenters. The van der Waals surface area contributed by atoms with Gasteiger partial charge in [0, 0.05) is 18.7 Å². The number of phenolic OH excluding ortho intramolecular Hbond substituents is 1. The first-order valence-electron chi connectivity index (χ1n) is 23.7. The molecule has 0 aliphatic carbocycles. The number of rotatable bonds is 26. The van der Waals surface area contributed by atoms with Crippen LogP contribution in [0.25, 0.3) is 0 Å². The van der Waals surface area contributed by atoms with E-state index in [1.54, 1.807) is 83.1 Å². The molecular formula is C53H66FN7O14. The van der Waals surface area contributed by atoms with Crippen LogP contribution in [0.3, 0.4) is 0 Å². The minimum absolute atomic E-state index is 0.00649. The Morgan fingerprint density at radius 3 is 1.84 bits per heavy atom. The van der Waals surface area contributed by atoms with E-state index in [0.717, 1.165) is 6.07 Å². The van der Waals surface area contributed by atoms with Crippen molar-refractivity contribution in [1.82, 2.24) is 31.9 Å². The smallest absolute Gasteiger partial charge is 0.320 e. The standard InChI is InChI=1S/C53H66FN7O14/c1-11-12-36-41(62)25-33(26-42(36)74-10)46(51(68)55-7)59-50(67)39(27-43(63)58-45(30-13-18-34(72-8)19-14-30)31-15-20-35(73-9)21-16-31)57-52(69)47(48(65)32-17-22-37(54)40(24-32)61(70)71)60-49(66)38(23-29(2)3)56-28-44(64)75-53(4,5)6/h11,13-22,24-26,29,38-39,45-48,56,62,65H,1,12,23,27-28H2,2-10H3,(H,55,68)(H,57,69)(H,58,63)(H,59,67)(H,60,66)/t38-,39+,46-,47?,48-/m1/s1. The quantitative estimate of drug-likeness (QED) is 0.0187. The Morgan fingerprint density at radius 1 is 0.760 bits per heavy atom. The van der Waals surface area contributed by atoms with Crippen LogP contribution in [0.1, 0.15) is 93.5 Å². The van der Waals surface area contributed by atoms with E-state index in [0.29, 0.717) is 40.3 Å². The van der Waals surface area contributed by atoms with Crippen LogP contribution in [0, 0.1) is 21.8 Å². The Morgan fingerprint density at radius 2 is 1.33 bits per heavy atom. The number of likely N-dealkylation sites (N-methyl/N-ethyl adjacent to an activating group) is 1. The summed E-state index contributed by atoms with van der Waals surface area (Å²) in [5, 5.41) is 50.3. The topological polar surface area (TPSA) is 295 Å². The number of esters is 1. The summed E-state index contributed by atoms with van der Waals surface area (Å²) in [7, 11) is 5.56. The van der Waals surface area contributed by atoms with E-state index >= 15 is 0 Å². The zero-order valence-electron chi connectivity index (χ0n) is 43.3. The molecule has 0 saturated carbocycles. The van der Waals surface area contributed by atoms with Gasteiger partial charge in [0.2, 0.25) is 35.4 Å². The Balaban J connectivity index is 1.86. The highest BCUT2D eigenvalue weighted by Gasteiger charge is 2.38. The number of nitro groups is 1. The summed E-state index contributed by atoms with van der Waals surface area (Å²) in [4.78, 5) is 95.5. The van der Waals surface area contributed by atoms with Crippen molar-refractivity contribution in [3.63, 3.8) is 0 Å². The van der Waals surface area contributed by atoms with Crippen LogP contribution in [0.15, 0.2) is 91.5 Å². The number of aromatic hydroxyl groups is 1. The van der Waals surface area contributed by atoms with Crippen molar-refractivity contribution in [3.8, 4) is 23.0 Å². The van der Waals surface area contributed by atoms with E-state index in [2.05, 4.69) is 38.5 Å².